The minimum atomic E-state index is -4.21. The summed E-state index contributed by atoms with van der Waals surface area (Å²) in [5, 5.41) is 1.00. The van der Waals surface area contributed by atoms with Gasteiger partial charge in [-0.15, -0.1) is 0 Å². The van der Waals surface area contributed by atoms with Gasteiger partial charge in [0.15, 0.2) is 0 Å². The standard InChI is InChI=1S/C27H33N3O6S/c1-27(2,3)36-26(32)16-20(18-31)29-37(33,34)25-12-11-21(30(4)5)17-24(25)35-15-13-19-8-6-10-23-22(19)9-7-14-28-23/h6-12,14,17-18,20,29H,13,15-16H2,1-5H3. The van der Waals surface area contributed by atoms with Gasteiger partial charge in [0.1, 0.15) is 22.5 Å². The highest BCUT2D eigenvalue weighted by atomic mass is 32.2. The maximum atomic E-state index is 13.3. The summed E-state index contributed by atoms with van der Waals surface area (Å²) in [6.07, 6.45) is 2.21. The number of nitrogens with one attached hydrogen (secondary N) is 1. The summed E-state index contributed by atoms with van der Waals surface area (Å²) >= 11 is 0. The molecular formula is C27H33N3O6S. The van der Waals surface area contributed by atoms with E-state index < -0.39 is 34.1 Å². The van der Waals surface area contributed by atoms with Crippen molar-refractivity contribution < 1.29 is 27.5 Å². The molecule has 1 unspecified atom stereocenters. The summed E-state index contributed by atoms with van der Waals surface area (Å²) in [5.41, 5.74) is 1.87. The molecule has 198 valence electrons. The molecule has 1 heterocycles. The summed E-state index contributed by atoms with van der Waals surface area (Å²) < 4.78 is 40.0. The Morgan fingerprint density at radius 1 is 1.14 bits per heavy atom. The number of nitrogens with zero attached hydrogens (tertiary/aromatic N) is 2. The summed E-state index contributed by atoms with van der Waals surface area (Å²) in [7, 11) is -0.544. The highest BCUT2D eigenvalue weighted by Crippen LogP contribution is 2.29. The van der Waals surface area contributed by atoms with Crippen LogP contribution in [0.15, 0.2) is 59.6 Å². The third kappa shape index (κ3) is 7.74. The number of carbonyl (C=O) groups is 2. The van der Waals surface area contributed by atoms with Gasteiger partial charge in [0, 0.05) is 43.9 Å². The molecule has 10 heteroatoms. The van der Waals surface area contributed by atoms with E-state index in [1.807, 2.05) is 49.3 Å². The molecular weight excluding hydrogens is 494 g/mol. The Morgan fingerprint density at radius 2 is 1.89 bits per heavy atom. The van der Waals surface area contributed by atoms with E-state index in [0.717, 1.165) is 22.2 Å². The maximum absolute atomic E-state index is 13.3. The minimum absolute atomic E-state index is 0.131. The van der Waals surface area contributed by atoms with E-state index in [-0.39, 0.29) is 17.3 Å². The van der Waals surface area contributed by atoms with Gasteiger partial charge in [0.25, 0.3) is 0 Å². The lowest BCUT2D eigenvalue weighted by molar-refractivity contribution is -0.155. The third-order valence-corrected chi connectivity index (χ3v) is 6.90. The Morgan fingerprint density at radius 3 is 2.57 bits per heavy atom. The monoisotopic (exact) mass is 527 g/mol. The van der Waals surface area contributed by atoms with E-state index in [4.69, 9.17) is 9.47 Å². The van der Waals surface area contributed by atoms with Gasteiger partial charge < -0.3 is 19.2 Å². The molecule has 1 N–H and O–H groups in total. The predicted octanol–water partition coefficient (Wildman–Crippen LogP) is 3.50. The van der Waals surface area contributed by atoms with Gasteiger partial charge in [-0.05, 0) is 50.6 Å². The lowest BCUT2D eigenvalue weighted by atomic mass is 10.1. The van der Waals surface area contributed by atoms with Crippen molar-refractivity contribution in [1.82, 2.24) is 9.71 Å². The van der Waals surface area contributed by atoms with Gasteiger partial charge in [-0.2, -0.15) is 0 Å². The summed E-state index contributed by atoms with van der Waals surface area (Å²) in [6.45, 7) is 5.28. The third-order valence-electron chi connectivity index (χ3n) is 5.38. The molecule has 2 aromatic carbocycles. The number of anilines is 1. The number of fused-ring (bicyclic) bond motifs is 1. The highest BCUT2D eigenvalue weighted by Gasteiger charge is 2.27. The fourth-order valence-corrected chi connectivity index (χ4v) is 5.00. The molecule has 0 aliphatic heterocycles. The summed E-state index contributed by atoms with van der Waals surface area (Å²) in [4.78, 5) is 29.8. The zero-order chi connectivity index (χ0) is 27.2. The quantitative estimate of drug-likeness (QED) is 0.298. The number of aromatic nitrogens is 1. The second-order valence-electron chi connectivity index (χ2n) is 9.77. The van der Waals surface area contributed by atoms with Gasteiger partial charge in [0.2, 0.25) is 10.0 Å². The molecule has 1 aromatic heterocycles. The van der Waals surface area contributed by atoms with Crippen LogP contribution in [0.25, 0.3) is 10.9 Å². The van der Waals surface area contributed by atoms with Gasteiger partial charge >= 0.3 is 5.97 Å². The summed E-state index contributed by atoms with van der Waals surface area (Å²) in [6, 6.07) is 13.1. The van der Waals surface area contributed by atoms with E-state index in [1.54, 1.807) is 39.1 Å². The Labute approximate surface area is 217 Å². The van der Waals surface area contributed by atoms with E-state index in [2.05, 4.69) is 9.71 Å². The van der Waals surface area contributed by atoms with E-state index in [1.165, 1.54) is 6.07 Å². The second kappa shape index (κ2) is 11.7. The number of hydrogen-bond acceptors (Lipinski definition) is 8. The normalized spacial score (nSPS) is 12.7. The van der Waals surface area contributed by atoms with Gasteiger partial charge in [-0.25, -0.2) is 13.1 Å². The highest BCUT2D eigenvalue weighted by molar-refractivity contribution is 7.89. The van der Waals surface area contributed by atoms with E-state index >= 15 is 0 Å². The lowest BCUT2D eigenvalue weighted by Gasteiger charge is -2.21. The number of carbonyl (C=O) groups excluding carboxylic acids is 2. The number of pyridine rings is 1. The molecule has 0 aliphatic rings. The van der Waals surface area contributed by atoms with E-state index in [0.29, 0.717) is 12.7 Å². The first-order chi connectivity index (χ1) is 17.4. The number of aldehydes is 1. The fourth-order valence-electron chi connectivity index (χ4n) is 3.71. The molecule has 0 saturated heterocycles. The van der Waals surface area contributed by atoms with Crippen molar-refractivity contribution in [2.24, 2.45) is 0 Å². The van der Waals surface area contributed by atoms with Crippen molar-refractivity contribution in [2.45, 2.75) is 50.2 Å². The van der Waals surface area contributed by atoms with Gasteiger partial charge in [-0.3, -0.25) is 9.78 Å². The van der Waals surface area contributed by atoms with Crippen LogP contribution >= 0.6 is 0 Å². The number of hydrogen-bond donors (Lipinski definition) is 1. The smallest absolute Gasteiger partial charge is 0.308 e. The Bertz CT molecular complexity index is 1360. The van der Waals surface area contributed by atoms with Gasteiger partial charge in [0.05, 0.1) is 24.6 Å². The molecule has 0 saturated carbocycles. The number of rotatable bonds is 11. The van der Waals surface area contributed by atoms with Crippen molar-refractivity contribution >= 4 is 38.9 Å². The molecule has 0 spiro atoms. The van der Waals surface area contributed by atoms with Crippen LogP contribution in [0.4, 0.5) is 5.69 Å². The first-order valence-corrected chi connectivity index (χ1v) is 13.3. The van der Waals surface area contributed by atoms with Crippen molar-refractivity contribution in [3.8, 4) is 5.75 Å². The lowest BCUT2D eigenvalue weighted by Crippen LogP contribution is -2.39. The van der Waals surface area contributed by atoms with Crippen molar-refractivity contribution in [3.05, 3.63) is 60.3 Å². The molecule has 9 nitrogen and oxygen atoms in total. The van der Waals surface area contributed by atoms with Crippen LogP contribution < -0.4 is 14.4 Å². The maximum Gasteiger partial charge on any atom is 0.308 e. The number of esters is 1. The Kier molecular flexibility index (Phi) is 8.88. The zero-order valence-electron chi connectivity index (χ0n) is 21.7. The average molecular weight is 528 g/mol. The van der Waals surface area contributed by atoms with Crippen molar-refractivity contribution in [2.75, 3.05) is 25.6 Å². The largest absolute Gasteiger partial charge is 0.492 e. The molecule has 0 radical (unpaired) electrons. The minimum Gasteiger partial charge on any atom is -0.492 e. The van der Waals surface area contributed by atoms with E-state index in [9.17, 15) is 18.0 Å². The predicted molar refractivity (Wildman–Crippen MR) is 142 cm³/mol. The molecule has 37 heavy (non-hydrogen) atoms. The molecule has 0 amide bonds. The fraction of sp³-hybridized carbons (Fsp3) is 0.370. The van der Waals surface area contributed by atoms with Crippen LogP contribution in [-0.4, -0.2) is 58.0 Å². The number of sulfonamides is 1. The van der Waals surface area contributed by atoms with Crippen LogP contribution in [0.1, 0.15) is 32.8 Å². The number of benzene rings is 2. The van der Waals surface area contributed by atoms with Gasteiger partial charge in [-0.1, -0.05) is 18.2 Å². The van der Waals surface area contributed by atoms with Crippen LogP contribution in [0.3, 0.4) is 0 Å². The molecule has 0 fully saturated rings. The molecule has 3 rings (SSSR count). The SMILES string of the molecule is CN(C)c1ccc(S(=O)(=O)NC(C=O)CC(=O)OC(C)(C)C)c(OCCc2cccc3ncccc23)c1. The molecule has 3 aromatic rings. The zero-order valence-corrected chi connectivity index (χ0v) is 22.5. The van der Waals surface area contributed by atoms with Crippen molar-refractivity contribution in [1.29, 1.82) is 0 Å². The molecule has 0 aliphatic carbocycles. The topological polar surface area (TPSA) is 115 Å². The van der Waals surface area contributed by atoms with Crippen LogP contribution in [-0.2, 0) is 30.8 Å². The molecule has 1 atom stereocenters. The van der Waals surface area contributed by atoms with Crippen molar-refractivity contribution in [3.63, 3.8) is 0 Å². The first kappa shape index (κ1) is 28.1. The van der Waals surface area contributed by atoms with Crippen LogP contribution in [0, 0.1) is 0 Å². The average Bonchev–Trinajstić information content (AvgIpc) is 2.82. The summed E-state index contributed by atoms with van der Waals surface area (Å²) in [5.74, 6) is -0.546. The Hall–Kier alpha value is -3.50. The molecule has 0 bridgehead atoms. The Balaban J connectivity index is 1.81. The number of ether oxygens (including phenoxy) is 2. The van der Waals surface area contributed by atoms with Crippen LogP contribution in [0.2, 0.25) is 0 Å². The first-order valence-electron chi connectivity index (χ1n) is 11.9. The van der Waals surface area contributed by atoms with Crippen LogP contribution in [0.5, 0.6) is 5.75 Å². The second-order valence-corrected chi connectivity index (χ2v) is 11.4.